The van der Waals surface area contributed by atoms with Gasteiger partial charge in [-0.1, -0.05) is 0 Å². The van der Waals surface area contributed by atoms with Crippen LogP contribution in [0.1, 0.15) is 6.92 Å². The van der Waals surface area contributed by atoms with E-state index in [1.165, 1.54) is 0 Å². The number of nitrogens with zero attached hydrogens (tertiary/aromatic N) is 2. The zero-order valence-corrected chi connectivity index (χ0v) is 7.26. The maximum absolute atomic E-state index is 4.37. The van der Waals surface area contributed by atoms with E-state index >= 15 is 0 Å². The third-order valence-corrected chi connectivity index (χ3v) is 1.90. The number of aliphatic imine (C=N–C) groups is 1. The van der Waals surface area contributed by atoms with Crippen LogP contribution < -0.4 is 10.7 Å². The molecule has 0 saturated carbocycles. The number of allylic oxidation sites excluding steroid dienone is 1. The summed E-state index contributed by atoms with van der Waals surface area (Å²) in [4.78, 5) is 4.37. The number of fused-ring (bicyclic) bond motifs is 1. The average Bonchev–Trinajstić information content (AvgIpc) is 2.50. The monoisotopic (exact) mass is 164 g/mol. The molecule has 0 spiro atoms. The fraction of sp³-hybridized carbons (Fsp3) is 0.375. The van der Waals surface area contributed by atoms with Gasteiger partial charge in [0.2, 0.25) is 0 Å². The van der Waals surface area contributed by atoms with Crippen LogP contribution in [-0.2, 0) is 0 Å². The second-order valence-corrected chi connectivity index (χ2v) is 2.79. The summed E-state index contributed by atoms with van der Waals surface area (Å²) in [5, 5.41) is 5.06. The molecule has 0 amide bonds. The van der Waals surface area contributed by atoms with Crippen molar-refractivity contribution in [2.24, 2.45) is 4.99 Å². The van der Waals surface area contributed by atoms with Gasteiger partial charge in [-0.15, -0.1) is 0 Å². The van der Waals surface area contributed by atoms with E-state index < -0.39 is 0 Å². The Kier molecular flexibility index (Phi) is 1.62. The molecule has 0 saturated heterocycles. The van der Waals surface area contributed by atoms with Crippen molar-refractivity contribution in [3.63, 3.8) is 0 Å². The molecule has 0 radical (unpaired) electrons. The van der Waals surface area contributed by atoms with Crippen molar-refractivity contribution in [1.82, 2.24) is 15.8 Å². The highest BCUT2D eigenvalue weighted by Crippen LogP contribution is 2.18. The maximum atomic E-state index is 4.37. The van der Waals surface area contributed by atoms with Crippen LogP contribution in [0.4, 0.5) is 0 Å². The molecule has 0 aromatic rings. The Balaban J connectivity index is 2.35. The molecule has 2 N–H and O–H groups in total. The molecule has 64 valence electrons. The summed E-state index contributed by atoms with van der Waals surface area (Å²) in [5.74, 6) is 2.03. The van der Waals surface area contributed by atoms with Gasteiger partial charge in [0.05, 0.1) is 0 Å². The fourth-order valence-electron chi connectivity index (χ4n) is 1.36. The third-order valence-electron chi connectivity index (χ3n) is 1.90. The van der Waals surface area contributed by atoms with E-state index in [0.29, 0.717) is 0 Å². The standard InChI is InChI=1S/C8H12N4/c1-6-5-8(9-2)12-7(11-6)3-4-10-12/h3,5,9-10H,4H2,1-2H3. The van der Waals surface area contributed by atoms with Crippen molar-refractivity contribution in [3.05, 3.63) is 23.8 Å². The summed E-state index contributed by atoms with van der Waals surface area (Å²) >= 11 is 0. The summed E-state index contributed by atoms with van der Waals surface area (Å²) in [7, 11) is 1.90. The molecule has 0 aliphatic carbocycles. The first-order valence-corrected chi connectivity index (χ1v) is 4.00. The van der Waals surface area contributed by atoms with Gasteiger partial charge in [0.15, 0.2) is 0 Å². The summed E-state index contributed by atoms with van der Waals surface area (Å²) in [6.45, 7) is 2.85. The molecule has 0 aromatic carbocycles. The zero-order chi connectivity index (χ0) is 8.55. The van der Waals surface area contributed by atoms with Gasteiger partial charge in [0.1, 0.15) is 11.6 Å². The van der Waals surface area contributed by atoms with Crippen LogP contribution in [0.3, 0.4) is 0 Å². The van der Waals surface area contributed by atoms with Crippen molar-refractivity contribution in [2.75, 3.05) is 13.6 Å². The van der Waals surface area contributed by atoms with Gasteiger partial charge in [-0.2, -0.15) is 0 Å². The van der Waals surface area contributed by atoms with Crippen LogP contribution >= 0.6 is 0 Å². The van der Waals surface area contributed by atoms with Crippen molar-refractivity contribution < 1.29 is 0 Å². The van der Waals surface area contributed by atoms with Gasteiger partial charge >= 0.3 is 0 Å². The van der Waals surface area contributed by atoms with E-state index in [2.05, 4.69) is 21.8 Å². The molecule has 0 atom stereocenters. The minimum atomic E-state index is 0.852. The first-order valence-electron chi connectivity index (χ1n) is 4.00. The van der Waals surface area contributed by atoms with Crippen LogP contribution in [0, 0.1) is 0 Å². The largest absolute Gasteiger partial charge is 0.373 e. The molecule has 2 aliphatic heterocycles. The topological polar surface area (TPSA) is 39.7 Å². The number of hydrogen-bond donors (Lipinski definition) is 2. The molecule has 0 bridgehead atoms. The molecule has 4 heteroatoms. The highest BCUT2D eigenvalue weighted by Gasteiger charge is 2.20. The lowest BCUT2D eigenvalue weighted by molar-refractivity contribution is 0.330. The quantitative estimate of drug-likeness (QED) is 0.581. The van der Waals surface area contributed by atoms with Crippen molar-refractivity contribution in [2.45, 2.75) is 6.92 Å². The Morgan fingerprint density at radius 1 is 1.67 bits per heavy atom. The molecule has 12 heavy (non-hydrogen) atoms. The maximum Gasteiger partial charge on any atom is 0.146 e. The van der Waals surface area contributed by atoms with Crippen LogP contribution in [0.25, 0.3) is 0 Å². The van der Waals surface area contributed by atoms with Gasteiger partial charge in [-0.3, -0.25) is 0 Å². The lowest BCUT2D eigenvalue weighted by atomic mass is 10.3. The molecule has 4 nitrogen and oxygen atoms in total. The highest BCUT2D eigenvalue weighted by atomic mass is 15.6. The van der Waals surface area contributed by atoms with E-state index in [9.17, 15) is 0 Å². The second-order valence-electron chi connectivity index (χ2n) is 2.79. The van der Waals surface area contributed by atoms with Gasteiger partial charge in [0.25, 0.3) is 0 Å². The van der Waals surface area contributed by atoms with E-state index in [1.807, 2.05) is 25.1 Å². The zero-order valence-electron chi connectivity index (χ0n) is 7.26. The predicted molar refractivity (Wildman–Crippen MR) is 48.2 cm³/mol. The van der Waals surface area contributed by atoms with Gasteiger partial charge in [0, 0.05) is 25.4 Å². The first kappa shape index (κ1) is 7.36. The minimum Gasteiger partial charge on any atom is -0.373 e. The summed E-state index contributed by atoms with van der Waals surface area (Å²) in [6.07, 6.45) is 4.07. The van der Waals surface area contributed by atoms with Crippen LogP contribution in [0.2, 0.25) is 0 Å². The molecular formula is C8H12N4. The Bertz CT molecular complexity index is 287. The molecule has 2 aliphatic rings. The van der Waals surface area contributed by atoms with E-state index in [1.54, 1.807) is 0 Å². The number of rotatable bonds is 1. The minimum absolute atomic E-state index is 0.852. The Labute approximate surface area is 71.6 Å². The summed E-state index contributed by atoms with van der Waals surface area (Å²) < 4.78 is 0. The third kappa shape index (κ3) is 1.00. The Morgan fingerprint density at radius 2 is 2.50 bits per heavy atom. The van der Waals surface area contributed by atoms with Crippen molar-refractivity contribution in [1.29, 1.82) is 0 Å². The lowest BCUT2D eigenvalue weighted by Gasteiger charge is -2.25. The van der Waals surface area contributed by atoms with Gasteiger partial charge < -0.3 is 5.32 Å². The molecular weight excluding hydrogens is 152 g/mol. The average molecular weight is 164 g/mol. The van der Waals surface area contributed by atoms with Gasteiger partial charge in [-0.05, 0) is 13.0 Å². The normalized spacial score (nSPS) is 21.2. The van der Waals surface area contributed by atoms with E-state index in [4.69, 9.17) is 0 Å². The SMILES string of the molecule is CNC1=CC(C)=NC2=CCNN21. The van der Waals surface area contributed by atoms with Crippen LogP contribution in [0.15, 0.2) is 28.8 Å². The summed E-state index contributed by atoms with van der Waals surface area (Å²) in [5.41, 5.74) is 4.22. The van der Waals surface area contributed by atoms with E-state index in [0.717, 1.165) is 23.9 Å². The summed E-state index contributed by atoms with van der Waals surface area (Å²) in [6, 6.07) is 0. The molecule has 0 aromatic heterocycles. The Morgan fingerprint density at radius 3 is 3.25 bits per heavy atom. The fourth-order valence-corrected chi connectivity index (χ4v) is 1.36. The van der Waals surface area contributed by atoms with Crippen molar-refractivity contribution >= 4 is 5.71 Å². The molecule has 0 unspecified atom stereocenters. The second kappa shape index (κ2) is 2.64. The van der Waals surface area contributed by atoms with E-state index in [-0.39, 0.29) is 0 Å². The lowest BCUT2D eigenvalue weighted by Crippen LogP contribution is -2.38. The van der Waals surface area contributed by atoms with Crippen LogP contribution in [0.5, 0.6) is 0 Å². The Hall–Kier alpha value is -1.29. The predicted octanol–water partition coefficient (Wildman–Crippen LogP) is 0.183. The van der Waals surface area contributed by atoms with Gasteiger partial charge in [-0.25, -0.2) is 15.4 Å². The number of hydrogen-bond acceptors (Lipinski definition) is 4. The number of hydrazine groups is 1. The number of nitrogens with one attached hydrogen (secondary N) is 2. The first-order chi connectivity index (χ1) is 5.81. The molecule has 2 rings (SSSR count). The van der Waals surface area contributed by atoms with Crippen molar-refractivity contribution in [3.8, 4) is 0 Å². The smallest absolute Gasteiger partial charge is 0.146 e. The highest BCUT2D eigenvalue weighted by molar-refractivity contribution is 5.94. The van der Waals surface area contributed by atoms with Crippen LogP contribution in [-0.4, -0.2) is 24.3 Å². The molecule has 0 fully saturated rings. The molecule has 2 heterocycles.